The zero-order chi connectivity index (χ0) is 20.8. The zero-order valence-corrected chi connectivity index (χ0v) is 15.6. The van der Waals surface area contributed by atoms with E-state index in [1.54, 1.807) is 49.4 Å². The molecule has 6 heteroatoms. The molecule has 0 saturated heterocycles. The van der Waals surface area contributed by atoms with Crippen LogP contribution in [0, 0.1) is 6.92 Å². The molecule has 0 atom stereocenters. The number of ether oxygens (including phenoxy) is 2. The van der Waals surface area contributed by atoms with Gasteiger partial charge in [0.2, 0.25) is 0 Å². The van der Waals surface area contributed by atoms with E-state index >= 15 is 0 Å². The van der Waals surface area contributed by atoms with Crippen LogP contribution in [0.4, 0.5) is 0 Å². The number of ketones is 1. The van der Waals surface area contributed by atoms with Crippen molar-refractivity contribution in [2.45, 2.75) is 6.92 Å². The van der Waals surface area contributed by atoms with E-state index < -0.39 is 24.3 Å². The highest BCUT2D eigenvalue weighted by Gasteiger charge is 2.16. The molecule has 0 unspecified atom stereocenters. The topological polar surface area (TPSA) is 89.9 Å². The van der Waals surface area contributed by atoms with E-state index in [0.29, 0.717) is 16.7 Å². The summed E-state index contributed by atoms with van der Waals surface area (Å²) in [6.45, 7) is 1.18. The molecule has 146 valence electrons. The summed E-state index contributed by atoms with van der Waals surface area (Å²) in [7, 11) is 0. The average Bonchev–Trinajstić information content (AvgIpc) is 2.75. The highest BCUT2D eigenvalue weighted by Crippen LogP contribution is 2.22. The number of hydrogen-bond donors (Lipinski definition) is 1. The van der Waals surface area contributed by atoms with E-state index in [1.165, 1.54) is 30.3 Å². The number of hydrogen-bond acceptors (Lipinski definition) is 6. The monoisotopic (exact) mass is 390 g/mol. The molecule has 0 aromatic heterocycles. The van der Waals surface area contributed by atoms with Crippen molar-refractivity contribution in [3.05, 3.63) is 95.1 Å². The van der Waals surface area contributed by atoms with Gasteiger partial charge in [-0.2, -0.15) is 0 Å². The first kappa shape index (κ1) is 19.8. The Hall–Kier alpha value is -3.93. The molecule has 1 N–H and O–H groups in total. The van der Waals surface area contributed by atoms with E-state index in [-0.39, 0.29) is 17.1 Å². The van der Waals surface area contributed by atoms with Gasteiger partial charge in [0.05, 0.1) is 5.56 Å². The zero-order valence-electron chi connectivity index (χ0n) is 15.6. The van der Waals surface area contributed by atoms with Crippen molar-refractivity contribution in [1.29, 1.82) is 0 Å². The van der Waals surface area contributed by atoms with Crippen molar-refractivity contribution in [2.24, 2.45) is 0 Å². The van der Waals surface area contributed by atoms with Crippen LogP contribution < -0.4 is 4.74 Å². The quantitative estimate of drug-likeness (QED) is 0.389. The van der Waals surface area contributed by atoms with Crippen LogP contribution in [0.1, 0.15) is 36.6 Å². The molecule has 0 radical (unpaired) electrons. The fraction of sp³-hybridized carbons (Fsp3) is 0.0870. The van der Waals surface area contributed by atoms with Crippen LogP contribution in [0.3, 0.4) is 0 Å². The minimum Gasteiger partial charge on any atom is -0.507 e. The predicted molar refractivity (Wildman–Crippen MR) is 105 cm³/mol. The summed E-state index contributed by atoms with van der Waals surface area (Å²) in [6.07, 6.45) is 0. The van der Waals surface area contributed by atoms with Gasteiger partial charge in [-0.3, -0.25) is 4.79 Å². The third kappa shape index (κ3) is 4.87. The molecule has 29 heavy (non-hydrogen) atoms. The summed E-state index contributed by atoms with van der Waals surface area (Å²) in [5.41, 5.74) is 1.25. The molecular weight excluding hydrogens is 372 g/mol. The normalized spacial score (nSPS) is 10.2. The maximum Gasteiger partial charge on any atom is 0.343 e. The number of carbonyl (C=O) groups is 3. The lowest BCUT2D eigenvalue weighted by molar-refractivity contribution is 0.0471. The average molecular weight is 390 g/mol. The van der Waals surface area contributed by atoms with E-state index in [2.05, 4.69) is 0 Å². The van der Waals surface area contributed by atoms with Crippen LogP contribution in [0.15, 0.2) is 72.8 Å². The Labute approximate surface area is 167 Å². The number of phenols is 1. The molecule has 0 aliphatic heterocycles. The number of rotatable bonds is 6. The molecule has 3 aromatic carbocycles. The second-order valence-electron chi connectivity index (χ2n) is 6.25. The number of phenolic OH excluding ortho intramolecular Hbond substituents is 1. The van der Waals surface area contributed by atoms with Gasteiger partial charge in [0, 0.05) is 5.56 Å². The predicted octanol–water partition coefficient (Wildman–Crippen LogP) is 3.96. The number of benzene rings is 3. The van der Waals surface area contributed by atoms with E-state index in [0.717, 1.165) is 0 Å². The number of esters is 2. The summed E-state index contributed by atoms with van der Waals surface area (Å²) < 4.78 is 10.3. The molecule has 3 rings (SSSR count). The molecule has 0 bridgehead atoms. The lowest BCUT2D eigenvalue weighted by Gasteiger charge is -2.08. The third-order valence-electron chi connectivity index (χ3n) is 4.19. The highest BCUT2D eigenvalue weighted by atomic mass is 16.5. The molecule has 0 aliphatic carbocycles. The molecule has 6 nitrogen and oxygen atoms in total. The number of para-hydroxylation sites is 1. The third-order valence-corrected chi connectivity index (χ3v) is 4.19. The molecule has 0 spiro atoms. The van der Waals surface area contributed by atoms with Crippen LogP contribution >= 0.6 is 0 Å². The van der Waals surface area contributed by atoms with E-state index in [1.807, 2.05) is 0 Å². The van der Waals surface area contributed by atoms with Gasteiger partial charge in [-0.25, -0.2) is 9.59 Å². The lowest BCUT2D eigenvalue weighted by atomic mass is 10.1. The van der Waals surface area contributed by atoms with Crippen molar-refractivity contribution in [2.75, 3.05) is 6.61 Å². The van der Waals surface area contributed by atoms with Gasteiger partial charge >= 0.3 is 11.9 Å². The van der Waals surface area contributed by atoms with E-state index in [4.69, 9.17) is 9.47 Å². The maximum absolute atomic E-state index is 12.2. The van der Waals surface area contributed by atoms with Crippen molar-refractivity contribution in [3.63, 3.8) is 0 Å². The fourth-order valence-corrected chi connectivity index (χ4v) is 2.56. The molecule has 0 heterocycles. The van der Waals surface area contributed by atoms with Gasteiger partial charge in [-0.1, -0.05) is 30.3 Å². The number of Topliss-reactive ketones (excluding diaryl/α,β-unsaturated/α-hetero) is 1. The first-order valence-corrected chi connectivity index (χ1v) is 8.82. The first-order chi connectivity index (χ1) is 14.0. The number of aryl methyl sites for hydroxylation is 1. The summed E-state index contributed by atoms with van der Waals surface area (Å²) in [5, 5.41) is 9.91. The molecule has 0 saturated carbocycles. The summed E-state index contributed by atoms with van der Waals surface area (Å²) in [6, 6.07) is 19.2. The summed E-state index contributed by atoms with van der Waals surface area (Å²) >= 11 is 0. The Kier molecular flexibility index (Phi) is 6.04. The maximum atomic E-state index is 12.2. The smallest absolute Gasteiger partial charge is 0.343 e. The molecule has 0 aliphatic rings. The molecule has 3 aromatic rings. The van der Waals surface area contributed by atoms with Crippen LogP contribution in [0.5, 0.6) is 11.5 Å². The molecule has 0 fully saturated rings. The van der Waals surface area contributed by atoms with Crippen LogP contribution in [-0.4, -0.2) is 29.4 Å². The van der Waals surface area contributed by atoms with Crippen molar-refractivity contribution < 1.29 is 29.0 Å². The first-order valence-electron chi connectivity index (χ1n) is 8.82. The SMILES string of the molecule is Cc1cccc(C(=O)OCC(=O)c2ccc(OC(=O)c3ccccc3)cc2)c1O. The minimum atomic E-state index is -0.784. The number of aromatic hydroxyl groups is 1. The minimum absolute atomic E-state index is 0.000900. The van der Waals surface area contributed by atoms with Gasteiger partial charge in [0.1, 0.15) is 17.1 Å². The largest absolute Gasteiger partial charge is 0.507 e. The second kappa shape index (κ2) is 8.84. The Morgan fingerprint density at radius 3 is 2.17 bits per heavy atom. The summed E-state index contributed by atoms with van der Waals surface area (Å²) in [5.74, 6) is -1.59. The fourth-order valence-electron chi connectivity index (χ4n) is 2.56. The Morgan fingerprint density at radius 1 is 0.793 bits per heavy atom. The van der Waals surface area contributed by atoms with Crippen LogP contribution in [0.25, 0.3) is 0 Å². The van der Waals surface area contributed by atoms with Gasteiger partial charge in [0.25, 0.3) is 0 Å². The second-order valence-corrected chi connectivity index (χ2v) is 6.25. The standard InChI is InChI=1S/C23H18O6/c1-15-6-5-9-19(21(15)25)23(27)28-14-20(24)16-10-12-18(13-11-16)29-22(26)17-7-3-2-4-8-17/h2-13,25H,14H2,1H3. The van der Waals surface area contributed by atoms with Gasteiger partial charge in [0.15, 0.2) is 12.4 Å². The van der Waals surface area contributed by atoms with Crippen molar-refractivity contribution >= 4 is 17.7 Å². The summed E-state index contributed by atoms with van der Waals surface area (Å²) in [4.78, 5) is 36.3. The Morgan fingerprint density at radius 2 is 1.48 bits per heavy atom. The van der Waals surface area contributed by atoms with Gasteiger partial charge < -0.3 is 14.6 Å². The van der Waals surface area contributed by atoms with Gasteiger partial charge in [-0.15, -0.1) is 0 Å². The van der Waals surface area contributed by atoms with E-state index in [9.17, 15) is 19.5 Å². The Balaban J connectivity index is 1.58. The number of carbonyl (C=O) groups excluding carboxylic acids is 3. The lowest BCUT2D eigenvalue weighted by Crippen LogP contribution is -2.14. The Bertz CT molecular complexity index is 1040. The van der Waals surface area contributed by atoms with Crippen molar-refractivity contribution in [3.8, 4) is 11.5 Å². The molecule has 0 amide bonds. The molecular formula is C23H18O6. The van der Waals surface area contributed by atoms with Crippen LogP contribution in [-0.2, 0) is 4.74 Å². The van der Waals surface area contributed by atoms with Gasteiger partial charge in [-0.05, 0) is 55.0 Å². The van der Waals surface area contributed by atoms with Crippen LogP contribution in [0.2, 0.25) is 0 Å². The highest BCUT2D eigenvalue weighted by molar-refractivity contribution is 6.00. The van der Waals surface area contributed by atoms with Crippen molar-refractivity contribution in [1.82, 2.24) is 0 Å².